The number of aromatic nitrogens is 2. The SMILES string of the molecule is O=C1CC(CCl)CN1Cc1ccccc1-n1cccn1. The van der Waals surface area contributed by atoms with Gasteiger partial charge in [0, 0.05) is 37.8 Å². The van der Waals surface area contributed by atoms with Gasteiger partial charge in [0.25, 0.3) is 0 Å². The normalized spacial score (nSPS) is 18.8. The van der Waals surface area contributed by atoms with E-state index in [4.69, 9.17) is 11.6 Å². The quantitative estimate of drug-likeness (QED) is 0.811. The molecule has 0 radical (unpaired) electrons. The van der Waals surface area contributed by atoms with Crippen LogP contribution in [0.25, 0.3) is 5.69 Å². The predicted molar refractivity (Wildman–Crippen MR) is 77.8 cm³/mol. The van der Waals surface area contributed by atoms with Crippen LogP contribution in [0.5, 0.6) is 0 Å². The van der Waals surface area contributed by atoms with Gasteiger partial charge in [-0.05, 0) is 23.6 Å². The van der Waals surface area contributed by atoms with E-state index in [2.05, 4.69) is 5.10 Å². The van der Waals surface area contributed by atoms with Gasteiger partial charge in [-0.3, -0.25) is 4.79 Å². The van der Waals surface area contributed by atoms with Gasteiger partial charge in [-0.15, -0.1) is 11.6 Å². The standard InChI is InChI=1S/C15H16ClN3O/c16-9-12-8-15(20)18(10-12)11-13-4-1-2-5-14(13)19-7-3-6-17-19/h1-7,12H,8-11H2. The summed E-state index contributed by atoms with van der Waals surface area (Å²) in [5, 5.41) is 4.26. The third-order valence-electron chi connectivity index (χ3n) is 3.62. The van der Waals surface area contributed by atoms with E-state index in [0.29, 0.717) is 18.8 Å². The van der Waals surface area contributed by atoms with Crippen LogP contribution in [-0.2, 0) is 11.3 Å². The minimum Gasteiger partial charge on any atom is -0.338 e. The Bertz CT molecular complexity index is 597. The fraction of sp³-hybridized carbons (Fsp3) is 0.333. The second kappa shape index (κ2) is 5.67. The highest BCUT2D eigenvalue weighted by molar-refractivity contribution is 6.18. The van der Waals surface area contributed by atoms with Crippen molar-refractivity contribution in [2.45, 2.75) is 13.0 Å². The third-order valence-corrected chi connectivity index (χ3v) is 4.05. The Hall–Kier alpha value is -1.81. The molecule has 104 valence electrons. The van der Waals surface area contributed by atoms with Crippen molar-refractivity contribution in [3.05, 3.63) is 48.3 Å². The molecule has 0 N–H and O–H groups in total. The van der Waals surface area contributed by atoms with Gasteiger partial charge in [0.05, 0.1) is 5.69 Å². The molecule has 1 fully saturated rings. The lowest BCUT2D eigenvalue weighted by molar-refractivity contribution is -0.128. The first-order chi connectivity index (χ1) is 9.78. The molecule has 0 saturated carbocycles. The minimum atomic E-state index is 0.186. The highest BCUT2D eigenvalue weighted by Crippen LogP contribution is 2.23. The fourth-order valence-corrected chi connectivity index (χ4v) is 2.80. The lowest BCUT2D eigenvalue weighted by Crippen LogP contribution is -2.25. The van der Waals surface area contributed by atoms with Crippen LogP contribution >= 0.6 is 11.6 Å². The zero-order valence-corrected chi connectivity index (χ0v) is 11.8. The van der Waals surface area contributed by atoms with E-state index in [-0.39, 0.29) is 11.8 Å². The summed E-state index contributed by atoms with van der Waals surface area (Å²) in [6.07, 6.45) is 4.22. The smallest absolute Gasteiger partial charge is 0.223 e. The number of rotatable bonds is 4. The summed E-state index contributed by atoms with van der Waals surface area (Å²) in [5.74, 6) is 1.01. The molecule has 0 aliphatic carbocycles. The molecule has 1 aromatic heterocycles. The Morgan fingerprint density at radius 3 is 2.85 bits per heavy atom. The molecule has 1 aliphatic rings. The van der Waals surface area contributed by atoms with E-state index in [0.717, 1.165) is 17.8 Å². The zero-order valence-electron chi connectivity index (χ0n) is 11.1. The molecule has 2 heterocycles. The van der Waals surface area contributed by atoms with Crippen molar-refractivity contribution >= 4 is 17.5 Å². The summed E-state index contributed by atoms with van der Waals surface area (Å²) in [4.78, 5) is 13.9. The molecule has 3 rings (SSSR count). The van der Waals surface area contributed by atoms with Gasteiger partial charge in [-0.2, -0.15) is 5.10 Å². The van der Waals surface area contributed by atoms with E-state index in [9.17, 15) is 4.79 Å². The van der Waals surface area contributed by atoms with Crippen LogP contribution in [0.1, 0.15) is 12.0 Å². The topological polar surface area (TPSA) is 38.1 Å². The van der Waals surface area contributed by atoms with Crippen LogP contribution in [0.3, 0.4) is 0 Å². The summed E-state index contributed by atoms with van der Waals surface area (Å²) >= 11 is 5.86. The third kappa shape index (κ3) is 2.56. The number of para-hydroxylation sites is 1. The maximum absolute atomic E-state index is 12.0. The highest BCUT2D eigenvalue weighted by atomic mass is 35.5. The van der Waals surface area contributed by atoms with E-state index < -0.39 is 0 Å². The monoisotopic (exact) mass is 289 g/mol. The van der Waals surface area contributed by atoms with Crippen LogP contribution in [0.4, 0.5) is 0 Å². The van der Waals surface area contributed by atoms with Crippen molar-refractivity contribution in [2.24, 2.45) is 5.92 Å². The lowest BCUT2D eigenvalue weighted by atomic mass is 10.1. The van der Waals surface area contributed by atoms with Crippen molar-refractivity contribution in [1.29, 1.82) is 0 Å². The second-order valence-electron chi connectivity index (χ2n) is 5.08. The summed E-state index contributed by atoms with van der Waals surface area (Å²) in [6, 6.07) is 9.91. The van der Waals surface area contributed by atoms with E-state index >= 15 is 0 Å². The number of halogens is 1. The molecular formula is C15H16ClN3O. The van der Waals surface area contributed by atoms with Crippen LogP contribution in [-0.4, -0.2) is 33.0 Å². The number of hydrogen-bond acceptors (Lipinski definition) is 2. The van der Waals surface area contributed by atoms with Gasteiger partial charge in [-0.1, -0.05) is 18.2 Å². The van der Waals surface area contributed by atoms with Crippen molar-refractivity contribution in [2.75, 3.05) is 12.4 Å². The van der Waals surface area contributed by atoms with E-state index in [1.807, 2.05) is 46.1 Å². The number of carbonyl (C=O) groups is 1. The molecule has 1 saturated heterocycles. The average Bonchev–Trinajstić information content (AvgIpc) is 3.10. The molecule has 5 heteroatoms. The Morgan fingerprint density at radius 2 is 2.15 bits per heavy atom. The summed E-state index contributed by atoms with van der Waals surface area (Å²) < 4.78 is 1.83. The molecule has 0 spiro atoms. The average molecular weight is 290 g/mol. The van der Waals surface area contributed by atoms with Crippen molar-refractivity contribution in [3.63, 3.8) is 0 Å². The van der Waals surface area contributed by atoms with E-state index in [1.54, 1.807) is 6.20 Å². The molecule has 1 aliphatic heterocycles. The first-order valence-electron chi connectivity index (χ1n) is 6.69. The summed E-state index contributed by atoms with van der Waals surface area (Å²) in [7, 11) is 0. The molecule has 1 aromatic carbocycles. The Kier molecular flexibility index (Phi) is 3.74. The molecule has 1 unspecified atom stereocenters. The first-order valence-corrected chi connectivity index (χ1v) is 7.23. The van der Waals surface area contributed by atoms with Gasteiger partial charge < -0.3 is 4.90 Å². The van der Waals surface area contributed by atoms with Crippen molar-refractivity contribution in [1.82, 2.24) is 14.7 Å². The minimum absolute atomic E-state index is 0.186. The van der Waals surface area contributed by atoms with Crippen LogP contribution < -0.4 is 0 Å². The predicted octanol–water partition coefficient (Wildman–Crippen LogP) is 2.46. The molecule has 0 bridgehead atoms. The lowest BCUT2D eigenvalue weighted by Gasteiger charge is -2.18. The second-order valence-corrected chi connectivity index (χ2v) is 5.39. The van der Waals surface area contributed by atoms with Gasteiger partial charge in [-0.25, -0.2) is 4.68 Å². The van der Waals surface area contributed by atoms with Gasteiger partial charge in [0.2, 0.25) is 5.91 Å². The van der Waals surface area contributed by atoms with Crippen LogP contribution in [0, 0.1) is 5.92 Å². The number of hydrogen-bond donors (Lipinski definition) is 0. The molecule has 20 heavy (non-hydrogen) atoms. The van der Waals surface area contributed by atoms with Gasteiger partial charge in [0.1, 0.15) is 0 Å². The Balaban J connectivity index is 1.83. The number of likely N-dealkylation sites (tertiary alicyclic amines) is 1. The molecule has 2 aromatic rings. The Labute approximate surface area is 123 Å². The Morgan fingerprint density at radius 1 is 1.30 bits per heavy atom. The van der Waals surface area contributed by atoms with Crippen LogP contribution in [0.15, 0.2) is 42.7 Å². The van der Waals surface area contributed by atoms with E-state index in [1.165, 1.54) is 0 Å². The number of amides is 1. The van der Waals surface area contributed by atoms with Crippen molar-refractivity contribution in [3.8, 4) is 5.69 Å². The molecule has 1 atom stereocenters. The number of alkyl halides is 1. The largest absolute Gasteiger partial charge is 0.338 e. The van der Waals surface area contributed by atoms with Crippen LogP contribution in [0.2, 0.25) is 0 Å². The zero-order chi connectivity index (χ0) is 13.9. The number of benzene rings is 1. The number of nitrogens with zero attached hydrogens (tertiary/aromatic N) is 3. The maximum Gasteiger partial charge on any atom is 0.223 e. The summed E-state index contributed by atoms with van der Waals surface area (Å²) in [5.41, 5.74) is 2.11. The fourth-order valence-electron chi connectivity index (χ4n) is 2.60. The highest BCUT2D eigenvalue weighted by Gasteiger charge is 2.29. The first kappa shape index (κ1) is 13.2. The summed E-state index contributed by atoms with van der Waals surface area (Å²) in [6.45, 7) is 1.36. The number of carbonyl (C=O) groups excluding carboxylic acids is 1. The molecule has 1 amide bonds. The van der Waals surface area contributed by atoms with Gasteiger partial charge in [0.15, 0.2) is 0 Å². The molecular weight excluding hydrogens is 274 g/mol. The van der Waals surface area contributed by atoms with Crippen molar-refractivity contribution < 1.29 is 4.79 Å². The maximum atomic E-state index is 12.0. The molecule has 4 nitrogen and oxygen atoms in total. The van der Waals surface area contributed by atoms with Gasteiger partial charge >= 0.3 is 0 Å².